The van der Waals surface area contributed by atoms with Crippen LogP contribution < -0.4 is 11.1 Å². The summed E-state index contributed by atoms with van der Waals surface area (Å²) < 4.78 is 27.5. The molecule has 2 saturated heterocycles. The fourth-order valence-corrected chi connectivity index (χ4v) is 16.2. The number of rotatable bonds is 6. The first-order valence-electron chi connectivity index (χ1n) is 11.9. The monoisotopic (exact) mass is 482 g/mol. The van der Waals surface area contributed by atoms with Crippen molar-refractivity contribution in [3.63, 3.8) is 0 Å². The second kappa shape index (κ2) is 9.67. The first-order valence-corrected chi connectivity index (χ1v) is 15.9. The molecule has 3 heterocycles. The summed E-state index contributed by atoms with van der Waals surface area (Å²) in [6.07, 6.45) is 1.68. The summed E-state index contributed by atoms with van der Waals surface area (Å²) in [5, 5.41) is 3.35. The van der Waals surface area contributed by atoms with Crippen LogP contribution in [0.5, 0.6) is 0 Å². The summed E-state index contributed by atoms with van der Waals surface area (Å²) in [5.41, 5.74) is 8.67. The highest BCUT2D eigenvalue weighted by molar-refractivity contribution is 6.83. The largest absolute Gasteiger partial charge is 0.414 e. The molecular weight excluding hydrogens is 440 g/mol. The molecule has 3 atom stereocenters. The maximum atomic E-state index is 7.23. The SMILES string of the molecule is Cc1ncnc(N[C@H]2C[C@H]3O[Si](C(C)C)(C(C)C)O[Si](C(C)C)(C(C)C)OC[C@@H]3O2)c1N. The predicted octanol–water partition coefficient (Wildman–Crippen LogP) is 4.85. The third kappa shape index (κ3) is 4.62. The van der Waals surface area contributed by atoms with E-state index in [4.69, 9.17) is 23.4 Å². The first kappa shape index (κ1) is 25.6. The molecule has 1 aromatic heterocycles. The van der Waals surface area contributed by atoms with Crippen molar-refractivity contribution in [2.45, 2.75) is 109 Å². The smallest absolute Gasteiger partial charge is 0.335 e. The summed E-state index contributed by atoms with van der Waals surface area (Å²) in [4.78, 5) is 8.45. The van der Waals surface area contributed by atoms with E-state index in [0.29, 0.717) is 46.7 Å². The van der Waals surface area contributed by atoms with Crippen LogP contribution >= 0.6 is 0 Å². The van der Waals surface area contributed by atoms with Crippen molar-refractivity contribution in [2.24, 2.45) is 0 Å². The van der Waals surface area contributed by atoms with Gasteiger partial charge in [-0.25, -0.2) is 9.97 Å². The van der Waals surface area contributed by atoms with Crippen LogP contribution in [0.25, 0.3) is 0 Å². The van der Waals surface area contributed by atoms with Crippen LogP contribution in [-0.2, 0) is 17.7 Å². The Balaban J connectivity index is 1.92. The predicted molar refractivity (Wildman–Crippen MR) is 132 cm³/mol. The lowest BCUT2D eigenvalue weighted by Crippen LogP contribution is -2.65. The lowest BCUT2D eigenvalue weighted by molar-refractivity contribution is -0.0329. The van der Waals surface area contributed by atoms with Gasteiger partial charge >= 0.3 is 17.1 Å². The van der Waals surface area contributed by atoms with Crippen molar-refractivity contribution < 1.29 is 17.7 Å². The van der Waals surface area contributed by atoms with Gasteiger partial charge in [0.2, 0.25) is 0 Å². The van der Waals surface area contributed by atoms with E-state index in [1.165, 1.54) is 6.33 Å². The van der Waals surface area contributed by atoms with E-state index in [2.05, 4.69) is 70.7 Å². The number of hydrogen-bond acceptors (Lipinski definition) is 8. The Morgan fingerprint density at radius 2 is 1.53 bits per heavy atom. The fraction of sp³-hybridized carbons (Fsp3) is 0.818. The van der Waals surface area contributed by atoms with E-state index in [-0.39, 0.29) is 18.4 Å². The fourth-order valence-electron chi connectivity index (χ4n) is 4.99. The summed E-state index contributed by atoms with van der Waals surface area (Å²) in [5.74, 6) is 0.596. The average molecular weight is 483 g/mol. The molecule has 0 amide bonds. The first-order chi connectivity index (χ1) is 14.9. The maximum Gasteiger partial charge on any atom is 0.335 e. The van der Waals surface area contributed by atoms with Crippen molar-refractivity contribution in [3.05, 3.63) is 12.0 Å². The van der Waals surface area contributed by atoms with Gasteiger partial charge in [-0.1, -0.05) is 55.4 Å². The summed E-state index contributed by atoms with van der Waals surface area (Å²) in [7, 11) is -5.19. The third-order valence-corrected chi connectivity index (χ3v) is 17.2. The molecule has 32 heavy (non-hydrogen) atoms. The summed E-state index contributed by atoms with van der Waals surface area (Å²) >= 11 is 0. The maximum absolute atomic E-state index is 7.23. The standard InChI is InChI=1S/C22H42N4O4Si2/c1-13(2)31(14(3)4)27-11-19-18(29-32(30-31,15(5)6)16(7)8)10-20(28-19)26-22-21(23)17(9)24-12-25-22/h12-16,18-20H,10-11,23H2,1-9H3,(H,24,25,26)/t18-,19+,20-/m1/s1. The molecule has 8 nitrogen and oxygen atoms in total. The number of nitrogens with zero attached hydrogens (tertiary/aromatic N) is 2. The number of hydrogen-bond donors (Lipinski definition) is 2. The van der Waals surface area contributed by atoms with E-state index in [1.54, 1.807) is 0 Å². The zero-order chi connectivity index (χ0) is 23.8. The minimum Gasteiger partial charge on any atom is -0.414 e. The van der Waals surface area contributed by atoms with Crippen molar-refractivity contribution in [1.29, 1.82) is 0 Å². The molecule has 0 aliphatic carbocycles. The van der Waals surface area contributed by atoms with Gasteiger partial charge in [0.1, 0.15) is 18.7 Å². The molecule has 2 aliphatic rings. The van der Waals surface area contributed by atoms with E-state index < -0.39 is 17.1 Å². The van der Waals surface area contributed by atoms with Crippen LogP contribution in [0.1, 0.15) is 67.5 Å². The van der Waals surface area contributed by atoms with E-state index in [0.717, 1.165) is 5.69 Å². The van der Waals surface area contributed by atoms with Gasteiger partial charge in [0, 0.05) is 6.42 Å². The van der Waals surface area contributed by atoms with Crippen molar-refractivity contribution in [3.8, 4) is 0 Å². The van der Waals surface area contributed by atoms with E-state index in [1.807, 2.05) is 6.92 Å². The Kier molecular flexibility index (Phi) is 7.73. The van der Waals surface area contributed by atoms with Gasteiger partial charge in [-0.05, 0) is 29.1 Å². The topological polar surface area (TPSA) is 101 Å². The van der Waals surface area contributed by atoms with Gasteiger partial charge < -0.3 is 28.8 Å². The van der Waals surface area contributed by atoms with Gasteiger partial charge in [0.05, 0.1) is 24.1 Å². The number of nitrogens with two attached hydrogens (primary N) is 1. The van der Waals surface area contributed by atoms with Crippen LogP contribution in [0.4, 0.5) is 11.5 Å². The average Bonchev–Trinajstić information content (AvgIpc) is 3.05. The van der Waals surface area contributed by atoms with Gasteiger partial charge in [-0.2, -0.15) is 0 Å². The highest BCUT2D eigenvalue weighted by Crippen LogP contribution is 2.47. The highest BCUT2D eigenvalue weighted by Gasteiger charge is 2.60. The Morgan fingerprint density at radius 1 is 0.938 bits per heavy atom. The van der Waals surface area contributed by atoms with Gasteiger partial charge in [-0.15, -0.1) is 0 Å². The normalized spacial score (nSPS) is 27.6. The third-order valence-electron chi connectivity index (χ3n) is 6.93. The van der Waals surface area contributed by atoms with Crippen molar-refractivity contribution in [2.75, 3.05) is 17.7 Å². The molecule has 3 rings (SSSR count). The number of nitrogens with one attached hydrogen (secondary N) is 1. The Bertz CT molecular complexity index is 777. The number of nitrogen functional groups attached to an aromatic ring is 1. The number of fused-ring (bicyclic) bond motifs is 1. The molecule has 0 spiro atoms. The second-order valence-corrected chi connectivity index (χ2v) is 19.2. The lowest BCUT2D eigenvalue weighted by atomic mass is 10.2. The molecule has 3 N–H and O–H groups in total. The quantitative estimate of drug-likeness (QED) is 0.555. The number of anilines is 2. The van der Waals surface area contributed by atoms with Gasteiger partial charge in [0.15, 0.2) is 5.82 Å². The molecule has 0 unspecified atom stereocenters. The molecule has 182 valence electrons. The highest BCUT2D eigenvalue weighted by atomic mass is 28.5. The Labute approximate surface area is 195 Å². The van der Waals surface area contributed by atoms with Crippen LogP contribution in [0.3, 0.4) is 0 Å². The molecule has 0 aromatic carbocycles. The number of aromatic nitrogens is 2. The Hall–Kier alpha value is -1.05. The van der Waals surface area contributed by atoms with Gasteiger partial charge in [0.25, 0.3) is 0 Å². The summed E-state index contributed by atoms with van der Waals surface area (Å²) in [6, 6.07) is 0. The van der Waals surface area contributed by atoms with E-state index >= 15 is 0 Å². The number of ether oxygens (including phenoxy) is 1. The molecule has 0 bridgehead atoms. The second-order valence-electron chi connectivity index (χ2n) is 10.4. The van der Waals surface area contributed by atoms with Crippen LogP contribution in [0, 0.1) is 6.92 Å². The molecule has 1 aromatic rings. The molecule has 10 heteroatoms. The number of aryl methyl sites for hydroxylation is 1. The van der Waals surface area contributed by atoms with Crippen LogP contribution in [0.15, 0.2) is 6.33 Å². The van der Waals surface area contributed by atoms with Gasteiger partial charge in [-0.3, -0.25) is 0 Å². The minimum atomic E-state index is -2.63. The molecule has 2 fully saturated rings. The zero-order valence-electron chi connectivity index (χ0n) is 21.1. The van der Waals surface area contributed by atoms with Crippen LogP contribution in [-0.4, -0.2) is 52.1 Å². The van der Waals surface area contributed by atoms with Crippen LogP contribution in [0.2, 0.25) is 22.2 Å². The zero-order valence-corrected chi connectivity index (χ0v) is 23.1. The Morgan fingerprint density at radius 3 is 2.09 bits per heavy atom. The lowest BCUT2D eigenvalue weighted by Gasteiger charge is -2.51. The molecule has 0 saturated carbocycles. The molecular formula is C22H42N4O4Si2. The summed E-state index contributed by atoms with van der Waals surface area (Å²) in [6.45, 7) is 20.2. The minimum absolute atomic E-state index is 0.0977. The molecule has 2 aliphatic heterocycles. The molecule has 0 radical (unpaired) electrons. The van der Waals surface area contributed by atoms with Crippen molar-refractivity contribution in [1.82, 2.24) is 9.97 Å². The van der Waals surface area contributed by atoms with E-state index in [9.17, 15) is 0 Å². The van der Waals surface area contributed by atoms with Crippen molar-refractivity contribution >= 4 is 28.6 Å².